The van der Waals surface area contributed by atoms with Crippen molar-refractivity contribution in [3.8, 4) is 0 Å². The standard InChI is InChI=1S/C22H34O8S/c1-6-12-25-19-14-20(26-13-7-2)21-18(30-31(5,23)24)11-10-17-16(9-8-15(19)27-21)28-22(3,4)29-17/h6-7,11,15-17,19-21H,1-2,8-10,12-14H2,3-5H3/b18-11+/t15-,16+,17+,19+,20-,21+/m0/s1. The average Bonchev–Trinajstić information content (AvgIpc) is 2.99. The van der Waals surface area contributed by atoms with E-state index in [9.17, 15) is 8.42 Å². The summed E-state index contributed by atoms with van der Waals surface area (Å²) in [7, 11) is -3.77. The van der Waals surface area contributed by atoms with Gasteiger partial charge in [-0.15, -0.1) is 13.2 Å². The van der Waals surface area contributed by atoms with Crippen LogP contribution in [0.3, 0.4) is 0 Å². The first-order chi connectivity index (χ1) is 14.6. The molecule has 0 amide bonds. The van der Waals surface area contributed by atoms with Crippen LogP contribution in [0.25, 0.3) is 0 Å². The van der Waals surface area contributed by atoms with Gasteiger partial charge in [0.25, 0.3) is 0 Å². The van der Waals surface area contributed by atoms with Gasteiger partial charge >= 0.3 is 10.1 Å². The third-order valence-corrected chi connectivity index (χ3v) is 5.99. The molecule has 2 bridgehead atoms. The van der Waals surface area contributed by atoms with Gasteiger partial charge in [0.2, 0.25) is 0 Å². The van der Waals surface area contributed by atoms with Gasteiger partial charge in [-0.1, -0.05) is 12.2 Å². The Morgan fingerprint density at radius 2 is 1.68 bits per heavy atom. The second kappa shape index (κ2) is 10.1. The Labute approximate surface area is 185 Å². The van der Waals surface area contributed by atoms with Crippen molar-refractivity contribution in [3.05, 3.63) is 37.1 Å². The Morgan fingerprint density at radius 1 is 1.06 bits per heavy atom. The summed E-state index contributed by atoms with van der Waals surface area (Å²) in [4.78, 5) is 0. The van der Waals surface area contributed by atoms with E-state index in [1.165, 1.54) is 0 Å². The molecule has 3 aliphatic heterocycles. The maximum Gasteiger partial charge on any atom is 0.306 e. The molecule has 2 saturated heterocycles. The lowest BCUT2D eigenvalue weighted by Crippen LogP contribution is -2.51. The highest BCUT2D eigenvalue weighted by Gasteiger charge is 2.46. The molecule has 0 spiro atoms. The lowest BCUT2D eigenvalue weighted by Gasteiger charge is -2.42. The molecular formula is C22H34O8S. The smallest absolute Gasteiger partial charge is 0.306 e. The monoisotopic (exact) mass is 458 g/mol. The van der Waals surface area contributed by atoms with Crippen LogP contribution in [0, 0.1) is 0 Å². The van der Waals surface area contributed by atoms with Crippen molar-refractivity contribution in [2.75, 3.05) is 19.5 Å². The third-order valence-electron chi connectivity index (χ3n) is 5.49. The fourth-order valence-electron chi connectivity index (χ4n) is 4.37. The summed E-state index contributed by atoms with van der Waals surface area (Å²) in [6.45, 7) is 11.9. The van der Waals surface area contributed by atoms with Crippen LogP contribution in [0.1, 0.15) is 39.5 Å². The van der Waals surface area contributed by atoms with Gasteiger partial charge in [-0.25, -0.2) is 0 Å². The minimum atomic E-state index is -3.77. The summed E-state index contributed by atoms with van der Waals surface area (Å²) in [6.07, 6.45) is 6.42. The molecule has 6 atom stereocenters. The Morgan fingerprint density at radius 3 is 2.32 bits per heavy atom. The van der Waals surface area contributed by atoms with E-state index in [1.54, 1.807) is 18.2 Å². The lowest BCUT2D eigenvalue weighted by atomic mass is 9.90. The second-order valence-electron chi connectivity index (χ2n) is 8.57. The largest absolute Gasteiger partial charge is 0.385 e. The molecule has 0 aliphatic carbocycles. The molecular weight excluding hydrogens is 424 g/mol. The van der Waals surface area contributed by atoms with Crippen molar-refractivity contribution >= 4 is 10.1 Å². The minimum Gasteiger partial charge on any atom is -0.385 e. The van der Waals surface area contributed by atoms with Crippen LogP contribution < -0.4 is 0 Å². The van der Waals surface area contributed by atoms with Crippen LogP contribution in [0.5, 0.6) is 0 Å². The van der Waals surface area contributed by atoms with E-state index in [-0.39, 0.29) is 30.2 Å². The van der Waals surface area contributed by atoms with Gasteiger partial charge in [0, 0.05) is 6.42 Å². The second-order valence-corrected chi connectivity index (χ2v) is 10.1. The fraction of sp³-hybridized carbons (Fsp3) is 0.727. The van der Waals surface area contributed by atoms with Crippen molar-refractivity contribution in [2.24, 2.45) is 0 Å². The fourth-order valence-corrected chi connectivity index (χ4v) is 4.89. The summed E-state index contributed by atoms with van der Waals surface area (Å²) < 4.78 is 59.8. The Kier molecular flexibility index (Phi) is 7.99. The molecule has 8 nitrogen and oxygen atoms in total. The highest BCUT2D eigenvalue weighted by atomic mass is 32.2. The summed E-state index contributed by atoms with van der Waals surface area (Å²) in [5, 5.41) is 0. The van der Waals surface area contributed by atoms with Crippen LogP contribution in [0.15, 0.2) is 37.1 Å². The van der Waals surface area contributed by atoms with Crippen molar-refractivity contribution < 1.29 is 36.3 Å². The molecule has 3 rings (SSSR count). The van der Waals surface area contributed by atoms with Crippen molar-refractivity contribution in [2.45, 2.75) is 81.9 Å². The summed E-state index contributed by atoms with van der Waals surface area (Å²) in [5.41, 5.74) is 0. The molecule has 3 heterocycles. The van der Waals surface area contributed by atoms with E-state index in [0.717, 1.165) is 12.7 Å². The van der Waals surface area contributed by atoms with Crippen LogP contribution in [-0.2, 0) is 38.0 Å². The van der Waals surface area contributed by atoms with Gasteiger partial charge in [0.05, 0.1) is 50.0 Å². The molecule has 2 fully saturated rings. The van der Waals surface area contributed by atoms with E-state index in [1.807, 2.05) is 13.8 Å². The van der Waals surface area contributed by atoms with E-state index < -0.39 is 28.1 Å². The van der Waals surface area contributed by atoms with Gasteiger partial charge in [-0.3, -0.25) is 0 Å². The third kappa shape index (κ3) is 6.63. The SMILES string of the molecule is C=CCO[C@H]1C[C@@H](OCC=C)[C@@H]2CC[C@H]3OC(C)(C)O[C@@H]3C/C=C(/OS(C)(=O)=O)[C@H]1O2. The predicted molar refractivity (Wildman–Crippen MR) is 115 cm³/mol. The highest BCUT2D eigenvalue weighted by molar-refractivity contribution is 7.86. The van der Waals surface area contributed by atoms with E-state index in [0.29, 0.717) is 32.5 Å². The van der Waals surface area contributed by atoms with Crippen LogP contribution in [0.4, 0.5) is 0 Å². The molecule has 176 valence electrons. The van der Waals surface area contributed by atoms with E-state index in [4.69, 9.17) is 27.9 Å². The maximum atomic E-state index is 12.0. The topological polar surface area (TPSA) is 89.5 Å². The van der Waals surface area contributed by atoms with Crippen LogP contribution >= 0.6 is 0 Å². The van der Waals surface area contributed by atoms with Gasteiger partial charge in [-0.05, 0) is 39.2 Å². The highest BCUT2D eigenvalue weighted by Crippen LogP contribution is 2.38. The number of hydrogen-bond acceptors (Lipinski definition) is 8. The Bertz CT molecular complexity index is 774. The first-order valence-corrected chi connectivity index (χ1v) is 12.5. The number of fused-ring (bicyclic) bond motifs is 3. The first-order valence-electron chi connectivity index (χ1n) is 10.7. The minimum absolute atomic E-state index is 0.138. The molecule has 0 unspecified atom stereocenters. The molecule has 0 aromatic carbocycles. The van der Waals surface area contributed by atoms with Crippen molar-refractivity contribution in [3.63, 3.8) is 0 Å². The summed E-state index contributed by atoms with van der Waals surface area (Å²) in [6, 6.07) is 0. The Hall–Kier alpha value is -1.23. The summed E-state index contributed by atoms with van der Waals surface area (Å²) in [5.74, 6) is -0.503. The maximum absolute atomic E-state index is 12.0. The summed E-state index contributed by atoms with van der Waals surface area (Å²) >= 11 is 0. The zero-order chi connectivity index (χ0) is 22.6. The lowest BCUT2D eigenvalue weighted by molar-refractivity contribution is -0.191. The molecule has 0 radical (unpaired) electrons. The predicted octanol–water partition coefficient (Wildman–Crippen LogP) is 2.85. The van der Waals surface area contributed by atoms with Crippen molar-refractivity contribution in [1.29, 1.82) is 0 Å². The number of rotatable bonds is 8. The first kappa shape index (κ1) is 24.4. The van der Waals surface area contributed by atoms with Gasteiger partial charge in [0.15, 0.2) is 5.79 Å². The van der Waals surface area contributed by atoms with Gasteiger partial charge < -0.3 is 27.9 Å². The quantitative estimate of drug-likeness (QED) is 0.405. The van der Waals surface area contributed by atoms with Crippen LogP contribution in [0.2, 0.25) is 0 Å². The number of ether oxygens (including phenoxy) is 5. The average molecular weight is 459 g/mol. The number of hydrogen-bond donors (Lipinski definition) is 0. The zero-order valence-corrected chi connectivity index (χ0v) is 19.3. The van der Waals surface area contributed by atoms with E-state index >= 15 is 0 Å². The van der Waals surface area contributed by atoms with Gasteiger partial charge in [0.1, 0.15) is 11.9 Å². The molecule has 9 heteroatoms. The van der Waals surface area contributed by atoms with Crippen LogP contribution in [-0.4, -0.2) is 70.3 Å². The van der Waals surface area contributed by atoms with E-state index in [2.05, 4.69) is 13.2 Å². The van der Waals surface area contributed by atoms with Gasteiger partial charge in [-0.2, -0.15) is 8.42 Å². The zero-order valence-electron chi connectivity index (χ0n) is 18.5. The normalized spacial score (nSPS) is 37.2. The molecule has 0 aromatic heterocycles. The molecule has 31 heavy (non-hydrogen) atoms. The molecule has 3 aliphatic rings. The Balaban J connectivity index is 1.95. The molecule has 0 saturated carbocycles. The molecule has 0 aromatic rings. The molecule has 0 N–H and O–H groups in total. The van der Waals surface area contributed by atoms with Crippen molar-refractivity contribution in [1.82, 2.24) is 0 Å².